The Morgan fingerprint density at radius 3 is 2.43 bits per heavy atom. The smallest absolute Gasteiger partial charge is 0.256 e. The van der Waals surface area contributed by atoms with Crippen LogP contribution in [0.5, 0.6) is 0 Å². The number of halogens is 1. The van der Waals surface area contributed by atoms with Gasteiger partial charge in [0, 0.05) is 30.4 Å². The molecule has 2 aromatic heterocycles. The van der Waals surface area contributed by atoms with Gasteiger partial charge >= 0.3 is 0 Å². The Morgan fingerprint density at radius 1 is 1.14 bits per heavy atom. The van der Waals surface area contributed by atoms with Crippen molar-refractivity contribution < 1.29 is 13.9 Å². The monoisotopic (exact) mass is 479 g/mol. The minimum Gasteiger partial charge on any atom is -0.372 e. The maximum absolute atomic E-state index is 15.1. The van der Waals surface area contributed by atoms with Crippen LogP contribution < -0.4 is 10.2 Å². The molecule has 1 saturated heterocycles. The first kappa shape index (κ1) is 23.7. The van der Waals surface area contributed by atoms with Gasteiger partial charge in [0.05, 0.1) is 40.1 Å². The van der Waals surface area contributed by atoms with Gasteiger partial charge in [-0.15, -0.1) is 0 Å². The van der Waals surface area contributed by atoms with Crippen LogP contribution in [0.25, 0.3) is 11.0 Å². The van der Waals surface area contributed by atoms with E-state index in [1.807, 2.05) is 36.4 Å². The fraction of sp³-hybridized carbons (Fsp3) is 0.519. The molecule has 1 N–H and O–H groups in total. The van der Waals surface area contributed by atoms with Crippen molar-refractivity contribution in [2.24, 2.45) is 0 Å². The number of hydrogen-bond acceptors (Lipinski definition) is 5. The summed E-state index contributed by atoms with van der Waals surface area (Å²) >= 11 is 0. The molecule has 2 atom stereocenters. The van der Waals surface area contributed by atoms with E-state index in [0.717, 1.165) is 35.3 Å². The first-order valence-electron chi connectivity index (χ1n) is 12.4. The number of aromatic nitrogens is 3. The van der Waals surface area contributed by atoms with Crippen LogP contribution in [0.4, 0.5) is 15.8 Å². The van der Waals surface area contributed by atoms with E-state index in [2.05, 4.69) is 26.1 Å². The average Bonchev–Trinajstić information content (AvgIpc) is 3.55. The Bertz CT molecular complexity index is 1280. The van der Waals surface area contributed by atoms with Crippen LogP contribution in [0.3, 0.4) is 0 Å². The molecule has 1 amide bonds. The molecule has 1 aliphatic carbocycles. The maximum atomic E-state index is 15.1. The normalized spacial score (nSPS) is 20.9. The second kappa shape index (κ2) is 8.59. The van der Waals surface area contributed by atoms with E-state index in [-0.39, 0.29) is 29.5 Å². The number of nitrogens with zero attached hydrogens (tertiary/aromatic N) is 4. The number of benzene rings is 1. The highest BCUT2D eigenvalue weighted by Crippen LogP contribution is 2.41. The fourth-order valence-electron chi connectivity index (χ4n) is 4.96. The lowest BCUT2D eigenvalue weighted by atomic mass is 10.1. The number of rotatable bonds is 4. The number of morpholine rings is 1. The second-order valence-corrected chi connectivity index (χ2v) is 11.0. The number of carbonyl (C=O) groups is 1. The molecule has 8 heteroatoms. The molecule has 0 bridgehead atoms. The van der Waals surface area contributed by atoms with Crippen LogP contribution in [0, 0.1) is 12.7 Å². The Hall–Kier alpha value is -3.00. The molecule has 1 saturated carbocycles. The molecule has 1 aliphatic heterocycles. The minimum atomic E-state index is -0.362. The molecule has 5 rings (SSSR count). The van der Waals surface area contributed by atoms with Gasteiger partial charge in [0.2, 0.25) is 0 Å². The molecule has 2 fully saturated rings. The fourth-order valence-corrected chi connectivity index (χ4v) is 4.96. The molecular weight excluding hydrogens is 445 g/mol. The standard InChI is InChI=1S/C27H34FN5O2/c1-15-13-32(14-16(2)35-15)23-10-9-19(11-21(23)28)29-26(34)20-12-22(18-7-8-18)30-25-24(20)17(3)31-33(25)27(4,5)6/h9-12,15-16,18H,7-8,13-14H2,1-6H3,(H,29,34). The van der Waals surface area contributed by atoms with Gasteiger partial charge in [-0.3, -0.25) is 4.79 Å². The number of ether oxygens (including phenoxy) is 1. The van der Waals surface area contributed by atoms with E-state index in [1.165, 1.54) is 6.07 Å². The van der Waals surface area contributed by atoms with Crippen molar-refractivity contribution in [3.05, 3.63) is 47.0 Å². The van der Waals surface area contributed by atoms with E-state index in [1.54, 1.807) is 12.1 Å². The molecule has 0 spiro atoms. The third-order valence-corrected chi connectivity index (χ3v) is 6.67. The number of hydrogen-bond donors (Lipinski definition) is 1. The summed E-state index contributed by atoms with van der Waals surface area (Å²) in [4.78, 5) is 20.4. The zero-order chi connectivity index (χ0) is 25.1. The Morgan fingerprint density at radius 2 is 1.83 bits per heavy atom. The minimum absolute atomic E-state index is 0.0320. The lowest BCUT2D eigenvalue weighted by Crippen LogP contribution is -2.45. The third-order valence-electron chi connectivity index (χ3n) is 6.67. The number of amides is 1. The highest BCUT2D eigenvalue weighted by atomic mass is 19.1. The highest BCUT2D eigenvalue weighted by Gasteiger charge is 2.31. The molecule has 186 valence electrons. The van der Waals surface area contributed by atoms with Crippen molar-refractivity contribution in [3.8, 4) is 0 Å². The van der Waals surface area contributed by atoms with Crippen LogP contribution in [-0.4, -0.2) is 46.0 Å². The van der Waals surface area contributed by atoms with Gasteiger partial charge in [0.25, 0.3) is 5.91 Å². The summed E-state index contributed by atoms with van der Waals surface area (Å²) in [7, 11) is 0. The van der Waals surface area contributed by atoms with Crippen LogP contribution in [-0.2, 0) is 10.3 Å². The molecule has 2 aliphatic rings. The number of nitrogens with one attached hydrogen (secondary N) is 1. The van der Waals surface area contributed by atoms with E-state index in [9.17, 15) is 4.79 Å². The molecule has 3 aromatic rings. The first-order valence-corrected chi connectivity index (χ1v) is 12.4. The summed E-state index contributed by atoms with van der Waals surface area (Å²) < 4.78 is 22.8. The van der Waals surface area contributed by atoms with Crippen LogP contribution in [0.15, 0.2) is 24.3 Å². The number of fused-ring (bicyclic) bond motifs is 1. The van der Waals surface area contributed by atoms with Crippen LogP contribution >= 0.6 is 0 Å². The molecule has 0 radical (unpaired) electrons. The summed E-state index contributed by atoms with van der Waals surface area (Å²) in [6, 6.07) is 6.77. The summed E-state index contributed by atoms with van der Waals surface area (Å²) in [5.74, 6) is -0.263. The van der Waals surface area contributed by atoms with E-state index >= 15 is 4.39 Å². The van der Waals surface area contributed by atoms with Gasteiger partial charge in [0.1, 0.15) is 5.82 Å². The van der Waals surface area contributed by atoms with Crippen molar-refractivity contribution in [1.29, 1.82) is 0 Å². The predicted octanol–water partition coefficient (Wildman–Crippen LogP) is 5.38. The molecule has 2 unspecified atom stereocenters. The van der Waals surface area contributed by atoms with E-state index in [0.29, 0.717) is 35.9 Å². The van der Waals surface area contributed by atoms with Gasteiger partial charge in [0.15, 0.2) is 5.65 Å². The van der Waals surface area contributed by atoms with Crippen molar-refractivity contribution in [2.75, 3.05) is 23.3 Å². The van der Waals surface area contributed by atoms with Crippen molar-refractivity contribution in [1.82, 2.24) is 14.8 Å². The van der Waals surface area contributed by atoms with Crippen molar-refractivity contribution in [2.45, 2.75) is 78.0 Å². The second-order valence-electron chi connectivity index (χ2n) is 11.0. The first-order chi connectivity index (χ1) is 16.5. The Kier molecular flexibility index (Phi) is 5.82. The van der Waals surface area contributed by atoms with E-state index in [4.69, 9.17) is 14.8 Å². The Balaban J connectivity index is 1.47. The molecule has 3 heterocycles. The summed E-state index contributed by atoms with van der Waals surface area (Å²) in [5, 5.41) is 8.38. The van der Waals surface area contributed by atoms with Crippen molar-refractivity contribution in [3.63, 3.8) is 0 Å². The summed E-state index contributed by atoms with van der Waals surface area (Å²) in [6.45, 7) is 13.4. The topological polar surface area (TPSA) is 72.3 Å². The Labute approximate surface area is 205 Å². The zero-order valence-corrected chi connectivity index (χ0v) is 21.4. The SMILES string of the molecule is Cc1nn(C(C)(C)C)c2nc(C3CC3)cc(C(=O)Nc3ccc(N4CC(C)OC(C)C4)c(F)c3)c12. The largest absolute Gasteiger partial charge is 0.372 e. The van der Waals surface area contributed by atoms with Gasteiger partial charge in [-0.2, -0.15) is 5.10 Å². The predicted molar refractivity (Wildman–Crippen MR) is 136 cm³/mol. The average molecular weight is 480 g/mol. The third kappa shape index (κ3) is 4.63. The van der Waals surface area contributed by atoms with E-state index < -0.39 is 0 Å². The molecule has 7 nitrogen and oxygen atoms in total. The molecular formula is C27H34FN5O2. The van der Waals surface area contributed by atoms with Gasteiger partial charge < -0.3 is 15.0 Å². The number of pyridine rings is 1. The van der Waals surface area contributed by atoms with Gasteiger partial charge in [-0.25, -0.2) is 14.1 Å². The lowest BCUT2D eigenvalue weighted by molar-refractivity contribution is -0.00539. The lowest BCUT2D eigenvalue weighted by Gasteiger charge is -2.37. The summed E-state index contributed by atoms with van der Waals surface area (Å²) in [6.07, 6.45) is 2.22. The summed E-state index contributed by atoms with van der Waals surface area (Å²) in [5.41, 5.74) is 3.60. The highest BCUT2D eigenvalue weighted by molar-refractivity contribution is 6.12. The quantitative estimate of drug-likeness (QED) is 0.544. The molecule has 35 heavy (non-hydrogen) atoms. The van der Waals surface area contributed by atoms with Crippen LogP contribution in [0.2, 0.25) is 0 Å². The molecule has 1 aromatic carbocycles. The van der Waals surface area contributed by atoms with Crippen LogP contribution in [0.1, 0.15) is 75.1 Å². The maximum Gasteiger partial charge on any atom is 0.256 e. The number of carbonyl (C=O) groups excluding carboxylic acids is 1. The van der Waals surface area contributed by atoms with Crippen molar-refractivity contribution >= 4 is 28.3 Å². The van der Waals surface area contributed by atoms with Gasteiger partial charge in [-0.05, 0) is 78.6 Å². The van der Waals surface area contributed by atoms with Gasteiger partial charge in [-0.1, -0.05) is 0 Å². The number of anilines is 2. The number of aryl methyl sites for hydroxylation is 1. The zero-order valence-electron chi connectivity index (χ0n) is 21.4.